The molecule has 0 amide bonds. The summed E-state index contributed by atoms with van der Waals surface area (Å²) in [5.41, 5.74) is 0. The van der Waals surface area contributed by atoms with Gasteiger partial charge < -0.3 is 5.11 Å². The molecular weight excluding hydrogens is 218 g/mol. The molecule has 1 atom stereocenters. The van der Waals surface area contributed by atoms with Crippen molar-refractivity contribution < 1.29 is 18.3 Å². The quantitative estimate of drug-likeness (QED) is 0.686. The summed E-state index contributed by atoms with van der Waals surface area (Å²) in [6.07, 6.45) is 0.938. The molecule has 0 fully saturated rings. The maximum absolute atomic E-state index is 11.5. The van der Waals surface area contributed by atoms with Gasteiger partial charge in [-0.15, -0.1) is 0 Å². The van der Waals surface area contributed by atoms with Gasteiger partial charge in [0, 0.05) is 0 Å². The lowest BCUT2D eigenvalue weighted by Gasteiger charge is -2.14. The molecule has 0 heterocycles. The lowest BCUT2D eigenvalue weighted by Crippen LogP contribution is -2.42. The van der Waals surface area contributed by atoms with E-state index in [1.54, 1.807) is 13.8 Å². The number of hydrogen-bond acceptors (Lipinski definition) is 3. The highest BCUT2D eigenvalue weighted by atomic mass is 32.2. The summed E-state index contributed by atoms with van der Waals surface area (Å²) < 4.78 is 25.1. The number of carbonyl (C=O) groups is 1. The fraction of sp³-hybridized carbons (Fsp3) is 0.889. The molecule has 0 aromatic heterocycles. The Hall–Kier alpha value is -0.620. The number of aliphatic carboxylic acids is 1. The third kappa shape index (κ3) is 6.46. The second-order valence-electron chi connectivity index (χ2n) is 3.97. The zero-order chi connectivity index (χ0) is 12.1. The third-order valence-corrected chi connectivity index (χ3v) is 3.50. The van der Waals surface area contributed by atoms with Gasteiger partial charge in [0.25, 0.3) is 0 Å². The second kappa shape index (κ2) is 6.07. The van der Waals surface area contributed by atoms with E-state index in [1.807, 2.05) is 6.92 Å². The largest absolute Gasteiger partial charge is 0.480 e. The Bertz CT molecular complexity index is 297. The minimum absolute atomic E-state index is 0.0152. The summed E-state index contributed by atoms with van der Waals surface area (Å²) in [7, 11) is -3.48. The first-order chi connectivity index (χ1) is 6.78. The Morgan fingerprint density at radius 2 is 1.93 bits per heavy atom. The van der Waals surface area contributed by atoms with Crippen LogP contribution < -0.4 is 4.72 Å². The average Bonchev–Trinajstić information content (AvgIpc) is 2.00. The van der Waals surface area contributed by atoms with Gasteiger partial charge in [-0.25, -0.2) is 13.1 Å². The number of carboxylic acids is 1. The molecule has 2 N–H and O–H groups in total. The molecule has 0 aliphatic rings. The fourth-order valence-electron chi connectivity index (χ4n) is 1.23. The van der Waals surface area contributed by atoms with Gasteiger partial charge in [0.15, 0.2) is 0 Å². The summed E-state index contributed by atoms with van der Waals surface area (Å²) in [4.78, 5) is 10.7. The standard InChI is InChI=1S/C9H19NO4S/c1-4-5-8(9(11)12)10-15(13,14)6-7(2)3/h7-8,10H,4-6H2,1-3H3,(H,11,12)/t8-/m0/s1. The van der Waals surface area contributed by atoms with Crippen molar-refractivity contribution in [2.75, 3.05) is 5.75 Å². The summed E-state index contributed by atoms with van der Waals surface area (Å²) in [5, 5.41) is 8.77. The lowest BCUT2D eigenvalue weighted by atomic mass is 10.2. The van der Waals surface area contributed by atoms with Crippen molar-refractivity contribution in [1.29, 1.82) is 0 Å². The van der Waals surface area contributed by atoms with Gasteiger partial charge in [-0.05, 0) is 12.3 Å². The zero-order valence-corrected chi connectivity index (χ0v) is 10.2. The van der Waals surface area contributed by atoms with E-state index in [0.29, 0.717) is 12.8 Å². The summed E-state index contributed by atoms with van der Waals surface area (Å²) in [6, 6.07) is -1.00. The number of sulfonamides is 1. The van der Waals surface area contributed by atoms with Crippen molar-refractivity contribution in [3.8, 4) is 0 Å². The predicted octanol–water partition coefficient (Wildman–Crippen LogP) is 0.815. The van der Waals surface area contributed by atoms with Gasteiger partial charge in [-0.1, -0.05) is 27.2 Å². The van der Waals surface area contributed by atoms with Gasteiger partial charge in [0.2, 0.25) is 10.0 Å². The summed E-state index contributed by atoms with van der Waals surface area (Å²) in [5.74, 6) is -1.18. The summed E-state index contributed by atoms with van der Waals surface area (Å²) >= 11 is 0. The van der Waals surface area contributed by atoms with Crippen LogP contribution in [0.4, 0.5) is 0 Å². The number of carboxylic acid groups (broad SMARTS) is 1. The molecule has 0 aliphatic carbocycles. The van der Waals surface area contributed by atoms with Crippen molar-refractivity contribution in [3.63, 3.8) is 0 Å². The fourth-order valence-corrected chi connectivity index (χ4v) is 2.85. The molecule has 90 valence electrons. The molecule has 6 heteroatoms. The van der Waals surface area contributed by atoms with Crippen LogP contribution in [0.15, 0.2) is 0 Å². The highest BCUT2D eigenvalue weighted by Crippen LogP contribution is 2.03. The number of nitrogens with one attached hydrogen (secondary N) is 1. The Morgan fingerprint density at radius 3 is 2.27 bits per heavy atom. The zero-order valence-electron chi connectivity index (χ0n) is 9.36. The molecule has 0 aromatic carbocycles. The van der Waals surface area contributed by atoms with Gasteiger partial charge >= 0.3 is 5.97 Å². The van der Waals surface area contributed by atoms with Crippen LogP contribution in [0, 0.1) is 5.92 Å². The first-order valence-electron chi connectivity index (χ1n) is 5.01. The van der Waals surface area contributed by atoms with E-state index in [9.17, 15) is 13.2 Å². The minimum atomic E-state index is -3.48. The molecular formula is C9H19NO4S. The van der Waals surface area contributed by atoms with Crippen molar-refractivity contribution in [3.05, 3.63) is 0 Å². The Morgan fingerprint density at radius 1 is 1.40 bits per heavy atom. The highest BCUT2D eigenvalue weighted by molar-refractivity contribution is 7.89. The molecule has 0 aromatic rings. The van der Waals surface area contributed by atoms with Crippen LogP contribution in [0.25, 0.3) is 0 Å². The van der Waals surface area contributed by atoms with E-state index >= 15 is 0 Å². The average molecular weight is 237 g/mol. The molecule has 0 bridgehead atoms. The first kappa shape index (κ1) is 14.4. The Labute approximate surface area is 90.9 Å². The van der Waals surface area contributed by atoms with E-state index in [2.05, 4.69) is 4.72 Å². The Kier molecular flexibility index (Phi) is 5.82. The van der Waals surface area contributed by atoms with Crippen molar-refractivity contribution in [1.82, 2.24) is 4.72 Å². The van der Waals surface area contributed by atoms with E-state index in [1.165, 1.54) is 0 Å². The van der Waals surface area contributed by atoms with Gasteiger partial charge in [-0.3, -0.25) is 4.79 Å². The molecule has 5 nitrogen and oxygen atoms in total. The maximum atomic E-state index is 11.5. The topological polar surface area (TPSA) is 83.5 Å². The third-order valence-electron chi connectivity index (χ3n) is 1.75. The summed E-state index contributed by atoms with van der Waals surface area (Å²) in [6.45, 7) is 5.36. The normalized spacial score (nSPS) is 14.1. The van der Waals surface area contributed by atoms with Crippen LogP contribution in [0.3, 0.4) is 0 Å². The molecule has 15 heavy (non-hydrogen) atoms. The molecule has 0 spiro atoms. The molecule has 0 unspecified atom stereocenters. The van der Waals surface area contributed by atoms with Crippen LogP contribution in [-0.2, 0) is 14.8 Å². The van der Waals surface area contributed by atoms with Gasteiger partial charge in [0.05, 0.1) is 5.75 Å². The predicted molar refractivity (Wildman–Crippen MR) is 58.1 cm³/mol. The monoisotopic (exact) mass is 237 g/mol. The molecule has 0 rings (SSSR count). The first-order valence-corrected chi connectivity index (χ1v) is 6.66. The van der Waals surface area contributed by atoms with Crippen molar-refractivity contribution in [2.24, 2.45) is 5.92 Å². The van der Waals surface area contributed by atoms with Crippen LogP contribution in [-0.4, -0.2) is 31.3 Å². The van der Waals surface area contributed by atoms with Crippen LogP contribution >= 0.6 is 0 Å². The van der Waals surface area contributed by atoms with Crippen molar-refractivity contribution in [2.45, 2.75) is 39.7 Å². The van der Waals surface area contributed by atoms with Gasteiger partial charge in [0.1, 0.15) is 6.04 Å². The smallest absolute Gasteiger partial charge is 0.321 e. The molecule has 0 radical (unpaired) electrons. The van der Waals surface area contributed by atoms with Crippen LogP contribution in [0.2, 0.25) is 0 Å². The van der Waals surface area contributed by atoms with E-state index in [4.69, 9.17) is 5.11 Å². The maximum Gasteiger partial charge on any atom is 0.321 e. The lowest BCUT2D eigenvalue weighted by molar-refractivity contribution is -0.139. The Balaban J connectivity index is 4.45. The molecule has 0 saturated carbocycles. The van der Waals surface area contributed by atoms with E-state index in [-0.39, 0.29) is 11.7 Å². The minimum Gasteiger partial charge on any atom is -0.480 e. The number of hydrogen-bond donors (Lipinski definition) is 2. The van der Waals surface area contributed by atoms with Gasteiger partial charge in [-0.2, -0.15) is 0 Å². The van der Waals surface area contributed by atoms with Crippen molar-refractivity contribution >= 4 is 16.0 Å². The molecule has 0 saturated heterocycles. The van der Waals surface area contributed by atoms with Crippen LogP contribution in [0.5, 0.6) is 0 Å². The SMILES string of the molecule is CCC[C@H](NS(=O)(=O)CC(C)C)C(=O)O. The van der Waals surface area contributed by atoms with Crippen LogP contribution in [0.1, 0.15) is 33.6 Å². The number of rotatable bonds is 7. The molecule has 0 aliphatic heterocycles. The highest BCUT2D eigenvalue weighted by Gasteiger charge is 2.23. The van der Waals surface area contributed by atoms with E-state index in [0.717, 1.165) is 0 Å². The second-order valence-corrected chi connectivity index (χ2v) is 5.77. The van der Waals surface area contributed by atoms with E-state index < -0.39 is 22.0 Å².